The van der Waals surface area contributed by atoms with Gasteiger partial charge in [-0.05, 0) is 13.0 Å². The summed E-state index contributed by atoms with van der Waals surface area (Å²) in [4.78, 5) is 27.1. The van der Waals surface area contributed by atoms with Crippen LogP contribution in [0, 0.1) is 6.92 Å². The molecule has 1 heterocycles. The summed E-state index contributed by atoms with van der Waals surface area (Å²) in [6, 6.07) is 16.9. The van der Waals surface area contributed by atoms with Crippen LogP contribution in [0.4, 0.5) is 13.2 Å². The molecule has 2 aromatic carbocycles. The first-order chi connectivity index (χ1) is 15.8. The first-order valence-electron chi connectivity index (χ1n) is 10.1. The third-order valence-corrected chi connectivity index (χ3v) is 5.66. The maximum Gasteiger partial charge on any atom is 0.522 e. The number of halogens is 3. The van der Waals surface area contributed by atoms with Crippen molar-refractivity contribution in [2.75, 3.05) is 7.05 Å². The number of rotatable bonds is 6. The quantitative estimate of drug-likeness (QED) is 0.345. The topological polar surface area (TPSA) is 91.8 Å². The van der Waals surface area contributed by atoms with Crippen LogP contribution in [0.15, 0.2) is 78.5 Å². The van der Waals surface area contributed by atoms with E-state index >= 15 is 0 Å². The van der Waals surface area contributed by atoms with Crippen molar-refractivity contribution in [2.45, 2.75) is 31.3 Å². The largest absolute Gasteiger partial charge is 0.522 e. The molecule has 0 aromatic heterocycles. The molecular formula is C24H24F3NO5S. The molecule has 0 spiro atoms. The van der Waals surface area contributed by atoms with Gasteiger partial charge in [0.2, 0.25) is 0 Å². The van der Waals surface area contributed by atoms with Gasteiger partial charge < -0.3 is 4.90 Å². The van der Waals surface area contributed by atoms with Gasteiger partial charge in [0.1, 0.15) is 0 Å². The minimum absolute atomic E-state index is 0.0348. The Morgan fingerprint density at radius 2 is 1.50 bits per heavy atom. The summed E-state index contributed by atoms with van der Waals surface area (Å²) in [6.07, 6.45) is 6.64. The highest BCUT2D eigenvalue weighted by Crippen LogP contribution is 2.23. The molecule has 2 aromatic rings. The molecule has 0 amide bonds. The Bertz CT molecular complexity index is 1170. The van der Waals surface area contributed by atoms with Crippen LogP contribution in [-0.4, -0.2) is 48.0 Å². The monoisotopic (exact) mass is 495 g/mol. The van der Waals surface area contributed by atoms with Crippen molar-refractivity contribution in [3.8, 4) is 0 Å². The Morgan fingerprint density at radius 1 is 0.971 bits per heavy atom. The number of likely N-dealkylation sites (N-methyl/N-ethyl adjacent to an activating group) is 1. The maximum atomic E-state index is 12.6. The van der Waals surface area contributed by atoms with Crippen molar-refractivity contribution < 1.29 is 35.7 Å². The van der Waals surface area contributed by atoms with Gasteiger partial charge in [-0.3, -0.25) is 14.1 Å². The van der Waals surface area contributed by atoms with E-state index < -0.39 is 15.6 Å². The molecule has 1 unspecified atom stereocenters. The second kappa shape index (κ2) is 11.3. The fraction of sp³-hybridized carbons (Fsp3) is 0.250. The van der Waals surface area contributed by atoms with Crippen molar-refractivity contribution in [3.63, 3.8) is 0 Å². The number of Topliss-reactive ketones (excluding diaryl/α,β-unsaturated/α-hetero) is 2. The third-order valence-electron chi connectivity index (χ3n) is 5.07. The lowest BCUT2D eigenvalue weighted by Crippen LogP contribution is -2.34. The average molecular weight is 496 g/mol. The van der Waals surface area contributed by atoms with Crippen molar-refractivity contribution in [3.05, 3.63) is 95.2 Å². The summed E-state index contributed by atoms with van der Waals surface area (Å²) < 4.78 is 57.5. The lowest BCUT2D eigenvalue weighted by Gasteiger charge is -2.32. The van der Waals surface area contributed by atoms with Crippen LogP contribution in [-0.2, 0) is 10.1 Å². The molecule has 10 heteroatoms. The van der Waals surface area contributed by atoms with Gasteiger partial charge in [0.15, 0.2) is 11.6 Å². The predicted octanol–water partition coefficient (Wildman–Crippen LogP) is 4.99. The van der Waals surface area contributed by atoms with Crippen molar-refractivity contribution >= 4 is 21.7 Å². The smallest absolute Gasteiger partial charge is 0.371 e. The van der Waals surface area contributed by atoms with Crippen LogP contribution < -0.4 is 0 Å². The minimum Gasteiger partial charge on any atom is -0.371 e. The molecule has 6 nitrogen and oxygen atoms in total. The van der Waals surface area contributed by atoms with Crippen LogP contribution in [0.1, 0.15) is 39.1 Å². The number of aryl methyl sites for hydroxylation is 1. The van der Waals surface area contributed by atoms with E-state index in [9.17, 15) is 22.8 Å². The van der Waals surface area contributed by atoms with E-state index in [0.29, 0.717) is 18.4 Å². The fourth-order valence-corrected chi connectivity index (χ4v) is 3.08. The Hall–Kier alpha value is -3.24. The summed E-state index contributed by atoms with van der Waals surface area (Å²) in [7, 11) is -3.90. The van der Waals surface area contributed by atoms with Crippen LogP contribution in [0.5, 0.6) is 0 Å². The number of allylic oxidation sites excluding steroid dienone is 3. The first kappa shape index (κ1) is 27.0. The summed E-state index contributed by atoms with van der Waals surface area (Å²) >= 11 is 0. The SMILES string of the molecule is Cc1ccc(C(=O)CC2C=CC=C(CC(=O)c3ccccc3)N2C)cc1.O=S(=O)(O)C(F)(F)F. The van der Waals surface area contributed by atoms with E-state index in [0.717, 1.165) is 16.8 Å². The molecule has 1 N–H and O–H groups in total. The highest BCUT2D eigenvalue weighted by atomic mass is 32.2. The first-order valence-corrected chi connectivity index (χ1v) is 11.6. The lowest BCUT2D eigenvalue weighted by atomic mass is 9.98. The fourth-order valence-electron chi connectivity index (χ4n) is 3.08. The maximum absolute atomic E-state index is 12.6. The van der Waals surface area contributed by atoms with E-state index in [1.165, 1.54) is 0 Å². The molecule has 1 aliphatic heterocycles. The third kappa shape index (κ3) is 7.67. The Morgan fingerprint density at radius 3 is 2.03 bits per heavy atom. The minimum atomic E-state index is -5.84. The number of hydrogen-bond acceptors (Lipinski definition) is 5. The molecule has 0 saturated carbocycles. The summed E-state index contributed by atoms with van der Waals surface area (Å²) in [5.74, 6) is 0.199. The van der Waals surface area contributed by atoms with Crippen molar-refractivity contribution in [1.82, 2.24) is 4.90 Å². The van der Waals surface area contributed by atoms with Crippen LogP contribution >= 0.6 is 0 Å². The second-order valence-electron chi connectivity index (χ2n) is 7.60. The van der Waals surface area contributed by atoms with Crippen LogP contribution in [0.2, 0.25) is 0 Å². The van der Waals surface area contributed by atoms with Gasteiger partial charge in [-0.1, -0.05) is 72.3 Å². The molecule has 3 rings (SSSR count). The number of ketones is 2. The Kier molecular flexibility index (Phi) is 8.94. The number of nitrogens with zero attached hydrogens (tertiary/aromatic N) is 1. The van der Waals surface area contributed by atoms with Gasteiger partial charge in [-0.15, -0.1) is 0 Å². The van der Waals surface area contributed by atoms with Crippen LogP contribution in [0.3, 0.4) is 0 Å². The van der Waals surface area contributed by atoms with Crippen molar-refractivity contribution in [2.24, 2.45) is 0 Å². The normalized spacial score (nSPS) is 15.8. The molecule has 0 radical (unpaired) electrons. The van der Waals surface area contributed by atoms with Crippen molar-refractivity contribution in [1.29, 1.82) is 0 Å². The van der Waals surface area contributed by atoms with Gasteiger partial charge >= 0.3 is 15.6 Å². The lowest BCUT2D eigenvalue weighted by molar-refractivity contribution is -0.0510. The summed E-state index contributed by atoms with van der Waals surface area (Å²) in [5, 5.41) is 0. The van der Waals surface area contributed by atoms with Crippen LogP contribution in [0.25, 0.3) is 0 Å². The van der Waals surface area contributed by atoms with E-state index in [2.05, 4.69) is 0 Å². The van der Waals surface area contributed by atoms with E-state index in [4.69, 9.17) is 13.0 Å². The van der Waals surface area contributed by atoms with E-state index in [-0.39, 0.29) is 17.6 Å². The molecule has 1 aliphatic rings. The number of benzene rings is 2. The summed E-state index contributed by atoms with van der Waals surface area (Å²) in [6.45, 7) is 2.01. The highest BCUT2D eigenvalue weighted by molar-refractivity contribution is 7.86. The molecule has 0 saturated heterocycles. The molecule has 0 fully saturated rings. The zero-order chi connectivity index (χ0) is 25.5. The predicted molar refractivity (Wildman–Crippen MR) is 122 cm³/mol. The van der Waals surface area contributed by atoms with Gasteiger partial charge in [0.25, 0.3) is 0 Å². The zero-order valence-electron chi connectivity index (χ0n) is 18.5. The van der Waals surface area contributed by atoms with E-state index in [1.54, 1.807) is 0 Å². The average Bonchev–Trinajstić information content (AvgIpc) is 2.76. The molecule has 0 aliphatic carbocycles. The Balaban J connectivity index is 0.000000440. The highest BCUT2D eigenvalue weighted by Gasteiger charge is 2.44. The van der Waals surface area contributed by atoms with Gasteiger partial charge in [0.05, 0.1) is 12.5 Å². The number of carbonyl (C=O) groups is 2. The standard InChI is InChI=1S/C23H23NO2.CHF3O3S/c1-17-11-13-19(14-12-17)23(26)16-21-10-6-9-20(24(21)2)15-22(25)18-7-4-3-5-8-18;2-1(3,4)8(5,6)7/h3-14,21H,15-16H2,1-2H3;(H,5,6,7). The van der Waals surface area contributed by atoms with Gasteiger partial charge in [-0.2, -0.15) is 21.6 Å². The summed E-state index contributed by atoms with van der Waals surface area (Å²) in [5.41, 5.74) is -2.02. The molecule has 0 bridgehead atoms. The van der Waals surface area contributed by atoms with E-state index in [1.807, 2.05) is 91.7 Å². The Labute approximate surface area is 196 Å². The molecule has 182 valence electrons. The molecular weight excluding hydrogens is 471 g/mol. The second-order valence-corrected chi connectivity index (χ2v) is 9.01. The number of alkyl halides is 3. The molecule has 1 atom stereocenters. The number of hydrogen-bond donors (Lipinski definition) is 1. The number of carbonyl (C=O) groups excluding carboxylic acids is 2. The van der Waals surface area contributed by atoms with Gasteiger partial charge in [0, 0.05) is 30.3 Å². The molecule has 34 heavy (non-hydrogen) atoms. The van der Waals surface area contributed by atoms with Gasteiger partial charge in [-0.25, -0.2) is 0 Å². The zero-order valence-corrected chi connectivity index (χ0v) is 19.3.